The Hall–Kier alpha value is -0.990. The molecule has 1 aromatic carbocycles. The van der Waals surface area contributed by atoms with Crippen LogP contribution in [0.1, 0.15) is 25.3 Å². The summed E-state index contributed by atoms with van der Waals surface area (Å²) in [5, 5.41) is 13.7. The molecule has 1 atom stereocenters. The average Bonchev–Trinajstić information content (AvgIpc) is 2.80. The summed E-state index contributed by atoms with van der Waals surface area (Å²) in [6.45, 7) is 3.10. The number of hydrogen-bond acceptors (Lipinski definition) is 4. The monoisotopic (exact) mass is 323 g/mol. The average molecular weight is 324 g/mol. The first-order valence-corrected chi connectivity index (χ1v) is 7.58. The second-order valence-corrected chi connectivity index (χ2v) is 6.25. The molecule has 1 aliphatic heterocycles. The molecule has 1 aromatic rings. The van der Waals surface area contributed by atoms with E-state index in [1.165, 1.54) is 12.8 Å². The van der Waals surface area contributed by atoms with E-state index < -0.39 is 0 Å². The number of halogens is 1. The summed E-state index contributed by atoms with van der Waals surface area (Å²) >= 11 is 5.26. The van der Waals surface area contributed by atoms with Crippen molar-refractivity contribution in [3.63, 3.8) is 0 Å². The Morgan fingerprint density at radius 3 is 3.11 bits per heavy atom. The van der Waals surface area contributed by atoms with Crippen molar-refractivity contribution in [1.82, 2.24) is 0 Å². The van der Waals surface area contributed by atoms with E-state index in [0.29, 0.717) is 10.8 Å². The summed E-state index contributed by atoms with van der Waals surface area (Å²) in [5.74, 6) is 0. The lowest BCUT2D eigenvalue weighted by Gasteiger charge is -2.09. The highest BCUT2D eigenvalue weighted by atomic mass is 79.9. The summed E-state index contributed by atoms with van der Waals surface area (Å²) in [6.07, 6.45) is 2.40. The van der Waals surface area contributed by atoms with Crippen LogP contribution in [-0.4, -0.2) is 17.0 Å². The highest BCUT2D eigenvalue weighted by Crippen LogP contribution is 2.29. The predicted octanol–water partition coefficient (Wildman–Crippen LogP) is 4.00. The number of hydrogen-bond donors (Lipinski definition) is 1. The molecule has 94 valence electrons. The first kappa shape index (κ1) is 13.4. The van der Waals surface area contributed by atoms with Gasteiger partial charge in [-0.1, -0.05) is 25.1 Å². The van der Waals surface area contributed by atoms with Crippen LogP contribution in [0.2, 0.25) is 0 Å². The molecule has 0 aromatic heterocycles. The Balaban J connectivity index is 2.01. The Bertz CT molecular complexity index is 507. The maximum absolute atomic E-state index is 8.81. The second kappa shape index (κ2) is 6.26. The van der Waals surface area contributed by atoms with Gasteiger partial charge < -0.3 is 5.32 Å². The SMILES string of the molecule is CCCC1CN=C(Nc2ccc(C#N)cc2Br)S1. The maximum atomic E-state index is 8.81. The van der Waals surface area contributed by atoms with Gasteiger partial charge in [0.05, 0.1) is 23.9 Å². The molecule has 0 aliphatic carbocycles. The van der Waals surface area contributed by atoms with Gasteiger partial charge in [-0.3, -0.25) is 4.99 Å². The lowest BCUT2D eigenvalue weighted by molar-refractivity contribution is 0.754. The summed E-state index contributed by atoms with van der Waals surface area (Å²) in [4.78, 5) is 4.50. The van der Waals surface area contributed by atoms with Crippen LogP contribution < -0.4 is 5.32 Å². The van der Waals surface area contributed by atoms with Gasteiger partial charge in [0.2, 0.25) is 0 Å². The summed E-state index contributed by atoms with van der Waals surface area (Å²) in [5.41, 5.74) is 1.61. The quantitative estimate of drug-likeness (QED) is 0.914. The molecular formula is C13H14BrN3S. The van der Waals surface area contributed by atoms with Gasteiger partial charge in [0.25, 0.3) is 0 Å². The predicted molar refractivity (Wildman–Crippen MR) is 81.1 cm³/mol. The highest BCUT2D eigenvalue weighted by molar-refractivity contribution is 9.10. The van der Waals surface area contributed by atoms with E-state index in [4.69, 9.17) is 5.26 Å². The molecule has 3 nitrogen and oxygen atoms in total. The first-order chi connectivity index (χ1) is 8.72. The molecule has 0 spiro atoms. The minimum atomic E-state index is 0.606. The van der Waals surface area contributed by atoms with Gasteiger partial charge in [-0.15, -0.1) is 0 Å². The molecule has 1 unspecified atom stereocenters. The van der Waals surface area contributed by atoms with Crippen LogP contribution in [0.3, 0.4) is 0 Å². The number of thioether (sulfide) groups is 1. The fourth-order valence-corrected chi connectivity index (χ4v) is 3.37. The third-order valence-corrected chi connectivity index (χ3v) is 4.50. The second-order valence-electron chi connectivity index (χ2n) is 4.11. The van der Waals surface area contributed by atoms with Gasteiger partial charge in [0.1, 0.15) is 0 Å². The van der Waals surface area contributed by atoms with E-state index in [2.05, 4.69) is 39.2 Å². The van der Waals surface area contributed by atoms with Gasteiger partial charge in [-0.05, 0) is 40.5 Å². The molecule has 0 amide bonds. The Morgan fingerprint density at radius 1 is 1.61 bits per heavy atom. The number of nitriles is 1. The lowest BCUT2D eigenvalue weighted by Crippen LogP contribution is -2.07. The van der Waals surface area contributed by atoms with Crippen LogP contribution in [0.5, 0.6) is 0 Å². The zero-order chi connectivity index (χ0) is 13.0. The highest BCUT2D eigenvalue weighted by Gasteiger charge is 2.19. The van der Waals surface area contributed by atoms with Crippen LogP contribution in [0.4, 0.5) is 5.69 Å². The van der Waals surface area contributed by atoms with E-state index in [1.807, 2.05) is 12.1 Å². The van der Waals surface area contributed by atoms with E-state index >= 15 is 0 Å². The van der Waals surface area contributed by atoms with E-state index in [-0.39, 0.29) is 0 Å². The zero-order valence-corrected chi connectivity index (χ0v) is 12.5. The van der Waals surface area contributed by atoms with Crippen LogP contribution in [0.25, 0.3) is 0 Å². The van der Waals surface area contributed by atoms with Crippen LogP contribution in [0, 0.1) is 11.3 Å². The van der Waals surface area contributed by atoms with Gasteiger partial charge in [-0.2, -0.15) is 5.26 Å². The molecule has 5 heteroatoms. The van der Waals surface area contributed by atoms with Crippen LogP contribution in [-0.2, 0) is 0 Å². The topological polar surface area (TPSA) is 48.2 Å². The molecule has 18 heavy (non-hydrogen) atoms. The summed E-state index contributed by atoms with van der Waals surface area (Å²) in [6, 6.07) is 7.63. The van der Waals surface area contributed by atoms with Crippen molar-refractivity contribution in [2.45, 2.75) is 25.0 Å². The molecule has 1 N–H and O–H groups in total. The van der Waals surface area contributed by atoms with E-state index in [1.54, 1.807) is 17.8 Å². The fourth-order valence-electron chi connectivity index (χ4n) is 1.76. The normalized spacial score (nSPS) is 18.3. The minimum Gasteiger partial charge on any atom is -0.334 e. The van der Waals surface area contributed by atoms with Crippen molar-refractivity contribution < 1.29 is 0 Å². The number of nitrogens with zero attached hydrogens (tertiary/aromatic N) is 2. The van der Waals surface area contributed by atoms with Crippen molar-refractivity contribution >= 4 is 38.5 Å². The van der Waals surface area contributed by atoms with Crippen molar-refractivity contribution in [2.75, 3.05) is 11.9 Å². The number of rotatable bonds is 3. The van der Waals surface area contributed by atoms with Crippen molar-refractivity contribution in [3.05, 3.63) is 28.2 Å². The third-order valence-electron chi connectivity index (χ3n) is 2.67. The van der Waals surface area contributed by atoms with Crippen molar-refractivity contribution in [3.8, 4) is 6.07 Å². The molecule has 0 saturated carbocycles. The number of amidine groups is 1. The standard InChI is InChI=1S/C13H14BrN3S/c1-2-3-10-8-16-13(18-10)17-12-5-4-9(7-15)6-11(12)14/h4-6,10H,2-3,8H2,1H3,(H,16,17). The Labute approximate surface area is 120 Å². The number of anilines is 1. The summed E-state index contributed by atoms with van der Waals surface area (Å²) < 4.78 is 0.892. The fraction of sp³-hybridized carbons (Fsp3) is 0.385. The molecule has 0 saturated heterocycles. The first-order valence-electron chi connectivity index (χ1n) is 5.90. The maximum Gasteiger partial charge on any atom is 0.161 e. The Morgan fingerprint density at radius 2 is 2.44 bits per heavy atom. The smallest absolute Gasteiger partial charge is 0.161 e. The van der Waals surface area contributed by atoms with E-state index in [0.717, 1.165) is 21.9 Å². The molecule has 1 heterocycles. The molecule has 0 radical (unpaired) electrons. The summed E-state index contributed by atoms with van der Waals surface area (Å²) in [7, 11) is 0. The third kappa shape index (κ3) is 3.27. The largest absolute Gasteiger partial charge is 0.334 e. The lowest BCUT2D eigenvalue weighted by atomic mass is 10.2. The van der Waals surface area contributed by atoms with Crippen molar-refractivity contribution in [2.24, 2.45) is 4.99 Å². The molecule has 1 aliphatic rings. The molecule has 2 rings (SSSR count). The molecule has 0 bridgehead atoms. The van der Waals surface area contributed by atoms with Crippen molar-refractivity contribution in [1.29, 1.82) is 5.26 Å². The number of benzene rings is 1. The van der Waals surface area contributed by atoms with Crippen LogP contribution >= 0.6 is 27.7 Å². The molecular weight excluding hydrogens is 310 g/mol. The van der Waals surface area contributed by atoms with Gasteiger partial charge >= 0.3 is 0 Å². The van der Waals surface area contributed by atoms with E-state index in [9.17, 15) is 0 Å². The number of nitrogens with one attached hydrogen (secondary N) is 1. The van der Waals surface area contributed by atoms with Gasteiger partial charge in [0, 0.05) is 9.72 Å². The van der Waals surface area contributed by atoms with Gasteiger partial charge in [-0.25, -0.2) is 0 Å². The van der Waals surface area contributed by atoms with Gasteiger partial charge in [0.15, 0.2) is 5.17 Å². The zero-order valence-electron chi connectivity index (χ0n) is 10.1. The van der Waals surface area contributed by atoms with Crippen LogP contribution in [0.15, 0.2) is 27.7 Å². The minimum absolute atomic E-state index is 0.606. The number of aliphatic imine (C=N–C) groups is 1. The Kier molecular flexibility index (Phi) is 4.67. The molecule has 0 fully saturated rings.